The monoisotopic (exact) mass is 409 g/mol. The van der Waals surface area contributed by atoms with Gasteiger partial charge in [0.25, 0.3) is 0 Å². The first-order valence-corrected chi connectivity index (χ1v) is 10.5. The topological polar surface area (TPSA) is 61.8 Å². The third-order valence-corrected chi connectivity index (χ3v) is 6.33. The molecule has 0 unspecified atom stereocenters. The van der Waals surface area contributed by atoms with Gasteiger partial charge in [-0.15, -0.1) is 0 Å². The third kappa shape index (κ3) is 4.53. The summed E-state index contributed by atoms with van der Waals surface area (Å²) < 4.78 is 0. The number of amidine groups is 1. The average Bonchev–Trinajstić information content (AvgIpc) is 2.89. The predicted octanol–water partition coefficient (Wildman–Crippen LogP) is 4.82. The van der Waals surface area contributed by atoms with E-state index in [2.05, 4.69) is 24.4 Å². The standard InChI is InChI=1S/C23H27N3O2S/c1-13-10-16(4)21(17(5)11-13)25-23-26(6)22(28)18(29-23)12-19(27)24-20-14(2)8-7-9-15(20)3/h7-11,18H,12H2,1-6H3,(H,24,27)/t18-/m0/s1. The zero-order chi connectivity index (χ0) is 21.3. The molecule has 2 amide bonds. The van der Waals surface area contributed by atoms with Gasteiger partial charge in [0.15, 0.2) is 5.17 Å². The van der Waals surface area contributed by atoms with Crippen molar-refractivity contribution in [1.82, 2.24) is 4.90 Å². The molecule has 2 aromatic carbocycles. The first kappa shape index (κ1) is 21.1. The van der Waals surface area contributed by atoms with Gasteiger partial charge in [0, 0.05) is 19.2 Å². The van der Waals surface area contributed by atoms with Crippen LogP contribution < -0.4 is 5.32 Å². The summed E-state index contributed by atoms with van der Waals surface area (Å²) in [6, 6.07) is 10.1. The van der Waals surface area contributed by atoms with Crippen molar-refractivity contribution in [2.24, 2.45) is 4.99 Å². The maximum atomic E-state index is 12.7. The number of para-hydroxylation sites is 1. The lowest BCUT2D eigenvalue weighted by molar-refractivity contribution is -0.127. The van der Waals surface area contributed by atoms with Crippen LogP contribution in [-0.4, -0.2) is 34.2 Å². The Hall–Kier alpha value is -2.60. The maximum absolute atomic E-state index is 12.7. The van der Waals surface area contributed by atoms with Crippen molar-refractivity contribution in [3.05, 3.63) is 58.1 Å². The molecule has 29 heavy (non-hydrogen) atoms. The summed E-state index contributed by atoms with van der Waals surface area (Å²) in [7, 11) is 1.72. The molecule has 0 saturated carbocycles. The van der Waals surface area contributed by atoms with Crippen molar-refractivity contribution in [1.29, 1.82) is 0 Å². The fraction of sp³-hybridized carbons (Fsp3) is 0.348. The number of benzene rings is 2. The molecule has 6 heteroatoms. The second kappa shape index (κ2) is 8.41. The molecular formula is C23H27N3O2S. The van der Waals surface area contributed by atoms with E-state index in [4.69, 9.17) is 4.99 Å². The average molecular weight is 410 g/mol. The molecule has 5 nitrogen and oxygen atoms in total. The number of nitrogens with one attached hydrogen (secondary N) is 1. The van der Waals surface area contributed by atoms with E-state index in [1.165, 1.54) is 17.3 Å². The van der Waals surface area contributed by atoms with Crippen LogP contribution in [0.15, 0.2) is 35.3 Å². The largest absolute Gasteiger partial charge is 0.326 e. The second-order valence-electron chi connectivity index (χ2n) is 7.66. The summed E-state index contributed by atoms with van der Waals surface area (Å²) in [5.74, 6) is -0.251. The Labute approximate surface area is 176 Å². The van der Waals surface area contributed by atoms with Crippen LogP contribution in [0.2, 0.25) is 0 Å². The molecule has 0 spiro atoms. The number of hydrogen-bond donors (Lipinski definition) is 1. The highest BCUT2D eigenvalue weighted by Gasteiger charge is 2.37. The second-order valence-corrected chi connectivity index (χ2v) is 8.83. The molecule has 0 aromatic heterocycles. The number of carbonyl (C=O) groups is 2. The molecule has 1 aliphatic rings. The highest BCUT2D eigenvalue weighted by Crippen LogP contribution is 2.33. The Balaban J connectivity index is 1.76. The van der Waals surface area contributed by atoms with E-state index in [9.17, 15) is 9.59 Å². The van der Waals surface area contributed by atoms with Crippen molar-refractivity contribution in [3.8, 4) is 0 Å². The molecule has 0 radical (unpaired) electrons. The zero-order valence-corrected chi connectivity index (χ0v) is 18.6. The molecule has 1 heterocycles. The van der Waals surface area contributed by atoms with Gasteiger partial charge in [-0.25, -0.2) is 4.99 Å². The Bertz CT molecular complexity index is 970. The van der Waals surface area contributed by atoms with E-state index in [-0.39, 0.29) is 18.2 Å². The summed E-state index contributed by atoms with van der Waals surface area (Å²) in [6.07, 6.45) is 0.118. The summed E-state index contributed by atoms with van der Waals surface area (Å²) in [5.41, 5.74) is 7.07. The Morgan fingerprint density at radius 3 is 2.24 bits per heavy atom. The van der Waals surface area contributed by atoms with Crippen molar-refractivity contribution < 1.29 is 9.59 Å². The van der Waals surface area contributed by atoms with Crippen molar-refractivity contribution in [2.45, 2.75) is 46.3 Å². The van der Waals surface area contributed by atoms with Gasteiger partial charge in [0.05, 0.1) is 5.69 Å². The first-order valence-electron chi connectivity index (χ1n) is 9.64. The Kier molecular flexibility index (Phi) is 6.13. The number of rotatable bonds is 4. The summed E-state index contributed by atoms with van der Waals surface area (Å²) in [4.78, 5) is 31.6. The molecule has 2 aromatic rings. The van der Waals surface area contributed by atoms with E-state index in [0.29, 0.717) is 5.17 Å². The van der Waals surface area contributed by atoms with Gasteiger partial charge < -0.3 is 5.32 Å². The molecule has 0 bridgehead atoms. The lowest BCUT2D eigenvalue weighted by atomic mass is 10.1. The molecule has 1 atom stereocenters. The van der Waals surface area contributed by atoms with Crippen LogP contribution in [0.1, 0.15) is 34.2 Å². The van der Waals surface area contributed by atoms with Crippen LogP contribution in [0, 0.1) is 34.6 Å². The molecule has 3 rings (SSSR count). The van der Waals surface area contributed by atoms with Gasteiger partial charge in [-0.1, -0.05) is 47.7 Å². The van der Waals surface area contributed by atoms with Gasteiger partial charge in [0.2, 0.25) is 11.8 Å². The van der Waals surface area contributed by atoms with Crippen LogP contribution in [0.4, 0.5) is 11.4 Å². The molecule has 1 saturated heterocycles. The van der Waals surface area contributed by atoms with Gasteiger partial charge in [0.1, 0.15) is 5.25 Å². The number of aryl methyl sites for hydroxylation is 5. The number of aliphatic imine (C=N–C) groups is 1. The highest BCUT2D eigenvalue weighted by molar-refractivity contribution is 8.15. The lowest BCUT2D eigenvalue weighted by Crippen LogP contribution is -2.30. The normalized spacial score (nSPS) is 17.9. The summed E-state index contributed by atoms with van der Waals surface area (Å²) in [6.45, 7) is 10.0. The molecular weight excluding hydrogens is 382 g/mol. The Morgan fingerprint density at radius 2 is 1.66 bits per heavy atom. The minimum absolute atomic E-state index is 0.0900. The van der Waals surface area contributed by atoms with Gasteiger partial charge in [-0.05, 0) is 56.9 Å². The van der Waals surface area contributed by atoms with E-state index in [0.717, 1.165) is 33.6 Å². The number of amides is 2. The van der Waals surface area contributed by atoms with Crippen molar-refractivity contribution >= 4 is 40.1 Å². The van der Waals surface area contributed by atoms with E-state index in [1.54, 1.807) is 11.9 Å². The van der Waals surface area contributed by atoms with Crippen LogP contribution in [0.3, 0.4) is 0 Å². The van der Waals surface area contributed by atoms with E-state index >= 15 is 0 Å². The van der Waals surface area contributed by atoms with Gasteiger partial charge in [-0.3, -0.25) is 14.5 Å². The highest BCUT2D eigenvalue weighted by atomic mass is 32.2. The number of nitrogens with zero attached hydrogens (tertiary/aromatic N) is 2. The van der Waals surface area contributed by atoms with E-state index in [1.807, 2.05) is 45.9 Å². The maximum Gasteiger partial charge on any atom is 0.242 e. The smallest absolute Gasteiger partial charge is 0.242 e. The molecule has 1 aliphatic heterocycles. The van der Waals surface area contributed by atoms with Gasteiger partial charge in [-0.2, -0.15) is 0 Å². The number of carbonyl (C=O) groups excluding carboxylic acids is 2. The van der Waals surface area contributed by atoms with Crippen LogP contribution in [-0.2, 0) is 9.59 Å². The van der Waals surface area contributed by atoms with E-state index < -0.39 is 5.25 Å². The van der Waals surface area contributed by atoms with Gasteiger partial charge >= 0.3 is 0 Å². The molecule has 1 N–H and O–H groups in total. The zero-order valence-electron chi connectivity index (χ0n) is 17.8. The quantitative estimate of drug-likeness (QED) is 0.788. The summed E-state index contributed by atoms with van der Waals surface area (Å²) >= 11 is 1.36. The van der Waals surface area contributed by atoms with Crippen LogP contribution in [0.25, 0.3) is 0 Å². The number of hydrogen-bond acceptors (Lipinski definition) is 4. The number of thioether (sulfide) groups is 1. The minimum atomic E-state index is -0.464. The van der Waals surface area contributed by atoms with Crippen molar-refractivity contribution in [3.63, 3.8) is 0 Å². The van der Waals surface area contributed by atoms with Crippen LogP contribution >= 0.6 is 11.8 Å². The molecule has 0 aliphatic carbocycles. The van der Waals surface area contributed by atoms with Crippen LogP contribution in [0.5, 0.6) is 0 Å². The minimum Gasteiger partial charge on any atom is -0.326 e. The fourth-order valence-corrected chi connectivity index (χ4v) is 4.75. The fourth-order valence-electron chi connectivity index (χ4n) is 3.61. The first-order chi connectivity index (χ1) is 13.7. The molecule has 1 fully saturated rings. The molecule has 152 valence electrons. The summed E-state index contributed by atoms with van der Waals surface area (Å²) in [5, 5.41) is 3.14. The van der Waals surface area contributed by atoms with Crippen molar-refractivity contribution in [2.75, 3.05) is 12.4 Å². The SMILES string of the molecule is Cc1cc(C)c(N=C2S[C@@H](CC(=O)Nc3c(C)cccc3C)C(=O)N2C)c(C)c1. The number of anilines is 1. The third-order valence-electron chi connectivity index (χ3n) is 5.10. The predicted molar refractivity (Wildman–Crippen MR) is 121 cm³/mol. The Morgan fingerprint density at radius 1 is 1.07 bits per heavy atom. The lowest BCUT2D eigenvalue weighted by Gasteiger charge is -2.13.